The van der Waals surface area contributed by atoms with E-state index in [-0.39, 0.29) is 0 Å². The smallest absolute Gasteiger partial charge is 0.353 e. The van der Waals surface area contributed by atoms with E-state index >= 15 is 0 Å². The van der Waals surface area contributed by atoms with Gasteiger partial charge in [-0.25, -0.2) is 22.8 Å². The molecule has 0 amide bonds. The molecule has 0 fully saturated rings. The Morgan fingerprint density at radius 1 is 0.840 bits per heavy atom. The third-order valence-corrected chi connectivity index (χ3v) is 3.14. The summed E-state index contributed by atoms with van der Waals surface area (Å²) < 4.78 is 75.3. The molecule has 0 aromatic heterocycles. The van der Waals surface area contributed by atoms with Crippen LogP contribution in [0, 0.1) is 34.5 Å². The molecule has 0 bridgehead atoms. The minimum absolute atomic E-state index is 1.18. The van der Waals surface area contributed by atoms with Crippen molar-refractivity contribution in [3.8, 4) is 5.75 Å². The highest BCUT2D eigenvalue weighted by Gasteiger charge is 2.39. The summed E-state index contributed by atoms with van der Waals surface area (Å²) in [6, 6.07) is 0. The minimum Gasteiger partial charge on any atom is -0.448 e. The van der Waals surface area contributed by atoms with Crippen molar-refractivity contribution in [2.45, 2.75) is 31.7 Å². The molecule has 0 N–H and O–H groups in total. The normalized spacial score (nSPS) is 12.9. The van der Waals surface area contributed by atoms with Crippen molar-refractivity contribution in [3.05, 3.63) is 29.1 Å². The SMILES string of the molecule is CC(C)(C)C(OC(=O)C(Cl)Cl)C(=O)Oc1c(F)c(F)c(F)c(F)c1F. The molecule has 1 rings (SSSR count). The van der Waals surface area contributed by atoms with Gasteiger partial charge in [0.15, 0.2) is 0 Å². The highest BCUT2D eigenvalue weighted by Crippen LogP contribution is 2.31. The lowest BCUT2D eigenvalue weighted by atomic mass is 9.89. The van der Waals surface area contributed by atoms with Crippen LogP contribution in [0.5, 0.6) is 5.75 Å². The number of esters is 2. The second-order valence-electron chi connectivity index (χ2n) is 5.80. The fourth-order valence-corrected chi connectivity index (χ4v) is 1.68. The van der Waals surface area contributed by atoms with E-state index in [0.717, 1.165) is 0 Å². The molecule has 1 aromatic rings. The lowest BCUT2D eigenvalue weighted by molar-refractivity contribution is -0.168. The van der Waals surface area contributed by atoms with Crippen molar-refractivity contribution >= 4 is 35.1 Å². The third-order valence-electron chi connectivity index (χ3n) is 2.79. The molecule has 4 nitrogen and oxygen atoms in total. The molecule has 0 spiro atoms. The quantitative estimate of drug-likeness (QED) is 0.188. The Hall–Kier alpha value is -1.61. The van der Waals surface area contributed by atoms with Crippen LogP contribution in [0.4, 0.5) is 22.0 Å². The lowest BCUT2D eigenvalue weighted by Gasteiger charge is -2.28. The zero-order chi connectivity index (χ0) is 19.7. The first-order chi connectivity index (χ1) is 11.3. The van der Waals surface area contributed by atoms with E-state index in [1.54, 1.807) is 0 Å². The second kappa shape index (κ2) is 7.74. The van der Waals surface area contributed by atoms with E-state index in [1.807, 2.05) is 0 Å². The maximum Gasteiger partial charge on any atom is 0.353 e. The first-order valence-electron chi connectivity index (χ1n) is 6.50. The number of alkyl halides is 2. The van der Waals surface area contributed by atoms with E-state index in [1.165, 1.54) is 20.8 Å². The summed E-state index contributed by atoms with van der Waals surface area (Å²) in [5.74, 6) is -16.4. The number of hydrogen-bond acceptors (Lipinski definition) is 4. The van der Waals surface area contributed by atoms with Crippen LogP contribution < -0.4 is 4.74 Å². The Balaban J connectivity index is 3.24. The zero-order valence-corrected chi connectivity index (χ0v) is 14.4. The predicted octanol–water partition coefficient (Wildman–Crippen LogP) is 4.05. The third kappa shape index (κ3) is 4.72. The van der Waals surface area contributed by atoms with Crippen LogP contribution in [0.2, 0.25) is 0 Å². The molecule has 25 heavy (non-hydrogen) atoms. The fourth-order valence-electron chi connectivity index (χ4n) is 1.57. The number of rotatable bonds is 4. The van der Waals surface area contributed by atoms with Gasteiger partial charge in [0.2, 0.25) is 45.8 Å². The Kier molecular flexibility index (Phi) is 6.63. The fraction of sp³-hybridized carbons (Fsp3) is 0.429. The molecule has 0 aliphatic carbocycles. The number of carbonyl (C=O) groups excluding carboxylic acids is 2. The van der Waals surface area contributed by atoms with Crippen molar-refractivity contribution in [1.29, 1.82) is 0 Å². The van der Waals surface area contributed by atoms with Gasteiger partial charge in [0, 0.05) is 5.41 Å². The van der Waals surface area contributed by atoms with Crippen LogP contribution in [-0.2, 0) is 14.3 Å². The molecule has 0 radical (unpaired) electrons. The summed E-state index contributed by atoms with van der Waals surface area (Å²) in [4.78, 5) is 21.8. The number of hydrogen-bond donors (Lipinski definition) is 0. The summed E-state index contributed by atoms with van der Waals surface area (Å²) in [5.41, 5.74) is -1.18. The Morgan fingerprint density at radius 2 is 1.24 bits per heavy atom. The Morgan fingerprint density at radius 3 is 1.60 bits per heavy atom. The van der Waals surface area contributed by atoms with Crippen LogP contribution in [0.15, 0.2) is 0 Å². The van der Waals surface area contributed by atoms with E-state index < -0.39 is 63.1 Å². The molecule has 1 aromatic carbocycles. The molecule has 1 unspecified atom stereocenters. The maximum absolute atomic E-state index is 13.6. The van der Waals surface area contributed by atoms with Crippen molar-refractivity contribution in [1.82, 2.24) is 0 Å². The molecule has 0 saturated heterocycles. The molecule has 1 atom stereocenters. The second-order valence-corrected chi connectivity index (χ2v) is 6.90. The van der Waals surface area contributed by atoms with Crippen LogP contribution in [0.25, 0.3) is 0 Å². The Bertz CT molecular complexity index is 674. The van der Waals surface area contributed by atoms with E-state index in [4.69, 9.17) is 27.9 Å². The van der Waals surface area contributed by atoms with Gasteiger partial charge in [-0.05, 0) is 0 Å². The first-order valence-corrected chi connectivity index (χ1v) is 7.38. The van der Waals surface area contributed by atoms with Crippen molar-refractivity contribution in [2.75, 3.05) is 0 Å². The highest BCUT2D eigenvalue weighted by atomic mass is 35.5. The van der Waals surface area contributed by atoms with Crippen molar-refractivity contribution < 1.29 is 41.0 Å². The number of ether oxygens (including phenoxy) is 2. The molecule has 0 saturated carbocycles. The highest BCUT2D eigenvalue weighted by molar-refractivity contribution is 6.52. The van der Waals surface area contributed by atoms with Gasteiger partial charge < -0.3 is 9.47 Å². The first kappa shape index (κ1) is 21.4. The predicted molar refractivity (Wildman–Crippen MR) is 76.7 cm³/mol. The van der Waals surface area contributed by atoms with Crippen molar-refractivity contribution in [3.63, 3.8) is 0 Å². The van der Waals surface area contributed by atoms with Gasteiger partial charge in [0.05, 0.1) is 0 Å². The van der Waals surface area contributed by atoms with Gasteiger partial charge >= 0.3 is 11.9 Å². The maximum atomic E-state index is 13.6. The average molecular weight is 409 g/mol. The molecule has 0 aliphatic heterocycles. The van der Waals surface area contributed by atoms with Gasteiger partial charge in [-0.2, -0.15) is 8.78 Å². The van der Waals surface area contributed by atoms with E-state index in [9.17, 15) is 31.5 Å². The molecular weight excluding hydrogens is 398 g/mol. The molecule has 140 valence electrons. The number of benzene rings is 1. The van der Waals surface area contributed by atoms with Crippen LogP contribution >= 0.6 is 23.2 Å². The average Bonchev–Trinajstić information content (AvgIpc) is 2.51. The monoisotopic (exact) mass is 408 g/mol. The van der Waals surface area contributed by atoms with E-state index in [2.05, 4.69) is 4.74 Å². The van der Waals surface area contributed by atoms with Crippen LogP contribution in [-0.4, -0.2) is 22.9 Å². The van der Waals surface area contributed by atoms with Crippen molar-refractivity contribution in [2.24, 2.45) is 5.41 Å². The summed E-state index contributed by atoms with van der Waals surface area (Å²) in [6.07, 6.45) is -1.80. The summed E-state index contributed by atoms with van der Waals surface area (Å²) in [7, 11) is 0. The van der Waals surface area contributed by atoms with Gasteiger partial charge in [-0.3, -0.25) is 0 Å². The largest absolute Gasteiger partial charge is 0.448 e. The Labute approximate surface area is 148 Å². The minimum atomic E-state index is -2.42. The van der Waals surface area contributed by atoms with Gasteiger partial charge in [0.1, 0.15) is 0 Å². The van der Waals surface area contributed by atoms with Gasteiger partial charge in [-0.15, -0.1) is 0 Å². The van der Waals surface area contributed by atoms with Gasteiger partial charge in [0.25, 0.3) is 0 Å². The molecular formula is C14H11Cl2F5O4. The lowest BCUT2D eigenvalue weighted by Crippen LogP contribution is -2.42. The zero-order valence-electron chi connectivity index (χ0n) is 12.9. The summed E-state index contributed by atoms with van der Waals surface area (Å²) in [6.45, 7) is 4.13. The molecule has 11 heteroatoms. The van der Waals surface area contributed by atoms with Crippen LogP contribution in [0.1, 0.15) is 20.8 Å². The number of carbonyl (C=O) groups is 2. The standard InChI is InChI=1S/C14H11Cl2F5O4/c1-14(2,3)10(25-13(23)11(15)16)12(22)24-9-7(20)5(18)4(17)6(19)8(9)21/h10-11H,1-3H3. The topological polar surface area (TPSA) is 52.6 Å². The molecule has 0 heterocycles. The summed E-state index contributed by atoms with van der Waals surface area (Å²) >= 11 is 10.5. The van der Waals surface area contributed by atoms with Crippen LogP contribution in [0.3, 0.4) is 0 Å². The number of halogens is 7. The molecule has 0 aliphatic rings. The summed E-state index contributed by atoms with van der Waals surface area (Å²) in [5, 5.41) is 0. The van der Waals surface area contributed by atoms with E-state index in [0.29, 0.717) is 0 Å². The van der Waals surface area contributed by atoms with Gasteiger partial charge in [-0.1, -0.05) is 44.0 Å².